The molecule has 0 aromatic heterocycles. The maximum absolute atomic E-state index is 12.3. The lowest BCUT2D eigenvalue weighted by molar-refractivity contribution is -0.116. The number of amides is 1. The van der Waals surface area contributed by atoms with Gasteiger partial charge in [0.25, 0.3) is 0 Å². The fourth-order valence-corrected chi connectivity index (χ4v) is 4.18. The van der Waals surface area contributed by atoms with Crippen LogP contribution in [0.5, 0.6) is 0 Å². The molecule has 0 bridgehead atoms. The van der Waals surface area contributed by atoms with Crippen LogP contribution in [-0.4, -0.2) is 51.6 Å². The zero-order chi connectivity index (χ0) is 17.7. The molecule has 1 amide bonds. The van der Waals surface area contributed by atoms with Gasteiger partial charge in [-0.25, -0.2) is 8.42 Å². The quantitative estimate of drug-likeness (QED) is 0.852. The Morgan fingerprint density at radius 1 is 1.12 bits per heavy atom. The normalized spacial score (nSPS) is 16.2. The molecule has 6 nitrogen and oxygen atoms in total. The van der Waals surface area contributed by atoms with E-state index in [1.807, 2.05) is 43.3 Å². The highest BCUT2D eigenvalue weighted by atomic mass is 32.2. The zero-order valence-electron chi connectivity index (χ0n) is 14.7. The summed E-state index contributed by atoms with van der Waals surface area (Å²) >= 11 is 0. The van der Waals surface area contributed by atoms with Crippen LogP contribution < -0.4 is 10.2 Å². The van der Waals surface area contributed by atoms with Crippen LogP contribution in [0.2, 0.25) is 0 Å². The number of benzene rings is 1. The molecule has 0 spiro atoms. The molecule has 2 rings (SSSR count). The number of rotatable bonds is 6. The van der Waals surface area contributed by atoms with Crippen LogP contribution in [0.15, 0.2) is 24.3 Å². The maximum Gasteiger partial charge on any atom is 0.239 e. The first-order valence-corrected chi connectivity index (χ1v) is 10.2. The third-order valence-corrected chi connectivity index (χ3v) is 5.65. The van der Waals surface area contributed by atoms with Crippen molar-refractivity contribution in [2.45, 2.75) is 38.1 Å². The summed E-state index contributed by atoms with van der Waals surface area (Å²) in [5.41, 5.74) is 1.70. The van der Waals surface area contributed by atoms with E-state index in [9.17, 15) is 13.2 Å². The molecule has 0 unspecified atom stereocenters. The van der Waals surface area contributed by atoms with Crippen molar-refractivity contribution in [3.63, 3.8) is 0 Å². The molecule has 0 aliphatic heterocycles. The fourth-order valence-electron chi connectivity index (χ4n) is 3.07. The third-order valence-electron chi connectivity index (χ3n) is 4.37. The van der Waals surface area contributed by atoms with Crippen LogP contribution in [0.4, 0.5) is 11.4 Å². The monoisotopic (exact) mass is 353 g/mol. The second-order valence-electron chi connectivity index (χ2n) is 6.59. The van der Waals surface area contributed by atoms with Crippen molar-refractivity contribution in [2.75, 3.05) is 37.1 Å². The predicted octanol–water partition coefficient (Wildman–Crippen LogP) is 2.29. The fraction of sp³-hybridized carbons (Fsp3) is 0.588. The molecule has 0 radical (unpaired) electrons. The number of carbonyl (C=O) groups is 1. The molecule has 0 atom stereocenters. The molecular formula is C17H27N3O3S. The molecule has 134 valence electrons. The van der Waals surface area contributed by atoms with Gasteiger partial charge in [-0.3, -0.25) is 4.79 Å². The summed E-state index contributed by atoms with van der Waals surface area (Å²) in [6, 6.07) is 7.39. The van der Waals surface area contributed by atoms with E-state index >= 15 is 0 Å². The minimum Gasteiger partial charge on any atom is -0.378 e. The number of hydrogen-bond acceptors (Lipinski definition) is 4. The number of sulfonamides is 1. The summed E-state index contributed by atoms with van der Waals surface area (Å²) in [6.45, 7) is -0.126. The first kappa shape index (κ1) is 18.7. The first-order valence-electron chi connectivity index (χ1n) is 8.31. The predicted molar refractivity (Wildman–Crippen MR) is 97.8 cm³/mol. The van der Waals surface area contributed by atoms with E-state index in [-0.39, 0.29) is 18.5 Å². The topological polar surface area (TPSA) is 69.7 Å². The molecule has 1 aromatic rings. The van der Waals surface area contributed by atoms with Gasteiger partial charge in [0.1, 0.15) is 0 Å². The van der Waals surface area contributed by atoms with Gasteiger partial charge < -0.3 is 10.2 Å². The minimum absolute atomic E-state index is 0.0596. The van der Waals surface area contributed by atoms with Gasteiger partial charge in [0, 0.05) is 31.5 Å². The van der Waals surface area contributed by atoms with Gasteiger partial charge in [-0.1, -0.05) is 19.3 Å². The average molecular weight is 353 g/mol. The molecule has 1 aliphatic carbocycles. The Labute approximate surface area is 144 Å². The molecule has 1 N–H and O–H groups in total. The SMILES string of the molecule is CN(C)c1ccc(NC(=O)CN(C2CCCCC2)S(C)(=O)=O)cc1. The number of nitrogens with zero attached hydrogens (tertiary/aromatic N) is 2. The van der Waals surface area contributed by atoms with Crippen LogP contribution in [0.3, 0.4) is 0 Å². The molecule has 1 aliphatic rings. The molecular weight excluding hydrogens is 326 g/mol. The van der Waals surface area contributed by atoms with Crippen LogP contribution in [0.1, 0.15) is 32.1 Å². The highest BCUT2D eigenvalue weighted by Gasteiger charge is 2.29. The van der Waals surface area contributed by atoms with Crippen molar-refractivity contribution >= 4 is 27.3 Å². The summed E-state index contributed by atoms with van der Waals surface area (Å²) in [4.78, 5) is 14.3. The van der Waals surface area contributed by atoms with E-state index in [0.717, 1.165) is 37.8 Å². The van der Waals surface area contributed by atoms with Crippen LogP contribution in [0.25, 0.3) is 0 Å². The molecule has 24 heavy (non-hydrogen) atoms. The van der Waals surface area contributed by atoms with Gasteiger partial charge in [0.2, 0.25) is 15.9 Å². The number of nitrogens with one attached hydrogen (secondary N) is 1. The van der Waals surface area contributed by atoms with Crippen molar-refractivity contribution in [3.05, 3.63) is 24.3 Å². The van der Waals surface area contributed by atoms with Gasteiger partial charge in [-0.2, -0.15) is 4.31 Å². The van der Waals surface area contributed by atoms with E-state index in [2.05, 4.69) is 5.32 Å². The van der Waals surface area contributed by atoms with E-state index in [1.165, 1.54) is 10.6 Å². The van der Waals surface area contributed by atoms with Gasteiger partial charge >= 0.3 is 0 Å². The largest absolute Gasteiger partial charge is 0.378 e. The Balaban J connectivity index is 2.02. The van der Waals surface area contributed by atoms with E-state index in [4.69, 9.17) is 0 Å². The smallest absolute Gasteiger partial charge is 0.239 e. The number of anilines is 2. The zero-order valence-corrected chi connectivity index (χ0v) is 15.5. The van der Waals surface area contributed by atoms with Crippen molar-refractivity contribution in [1.29, 1.82) is 0 Å². The molecule has 0 heterocycles. The summed E-state index contributed by atoms with van der Waals surface area (Å²) in [6.07, 6.45) is 6.02. The van der Waals surface area contributed by atoms with Crippen molar-refractivity contribution < 1.29 is 13.2 Å². The van der Waals surface area contributed by atoms with Crippen LogP contribution in [0, 0.1) is 0 Å². The number of carbonyl (C=O) groups excluding carboxylic acids is 1. The molecule has 1 aromatic carbocycles. The van der Waals surface area contributed by atoms with E-state index in [1.54, 1.807) is 0 Å². The summed E-state index contributed by atoms with van der Waals surface area (Å²) in [5.74, 6) is -0.302. The third kappa shape index (κ3) is 5.21. The Hall–Kier alpha value is -1.60. The van der Waals surface area contributed by atoms with Gasteiger partial charge in [-0.05, 0) is 37.1 Å². The second-order valence-corrected chi connectivity index (χ2v) is 8.52. The first-order chi connectivity index (χ1) is 11.3. The van der Waals surface area contributed by atoms with Gasteiger partial charge in [0.15, 0.2) is 0 Å². The summed E-state index contributed by atoms with van der Waals surface area (Å²) in [5, 5.41) is 2.79. The van der Waals surface area contributed by atoms with Crippen molar-refractivity contribution in [3.8, 4) is 0 Å². The van der Waals surface area contributed by atoms with Crippen molar-refractivity contribution in [2.24, 2.45) is 0 Å². The molecule has 1 saturated carbocycles. The Kier molecular flexibility index (Phi) is 6.23. The maximum atomic E-state index is 12.3. The average Bonchev–Trinajstić information content (AvgIpc) is 2.53. The Bertz CT molecular complexity index is 650. The van der Waals surface area contributed by atoms with E-state index < -0.39 is 10.0 Å². The lowest BCUT2D eigenvalue weighted by Crippen LogP contribution is -2.45. The lowest BCUT2D eigenvalue weighted by atomic mass is 9.95. The summed E-state index contributed by atoms with van der Waals surface area (Å²) in [7, 11) is 0.488. The van der Waals surface area contributed by atoms with Crippen LogP contribution in [-0.2, 0) is 14.8 Å². The minimum atomic E-state index is -3.40. The lowest BCUT2D eigenvalue weighted by Gasteiger charge is -2.31. The van der Waals surface area contributed by atoms with Crippen LogP contribution >= 0.6 is 0 Å². The molecule has 7 heteroatoms. The number of hydrogen-bond donors (Lipinski definition) is 1. The Morgan fingerprint density at radius 2 is 1.71 bits per heavy atom. The second kappa shape index (κ2) is 7.98. The van der Waals surface area contributed by atoms with Gasteiger partial charge in [-0.15, -0.1) is 0 Å². The highest BCUT2D eigenvalue weighted by molar-refractivity contribution is 7.88. The van der Waals surface area contributed by atoms with E-state index in [0.29, 0.717) is 5.69 Å². The Morgan fingerprint density at radius 3 is 2.21 bits per heavy atom. The standard InChI is InChI=1S/C17H27N3O3S/c1-19(2)15-11-9-14(10-12-15)18-17(21)13-20(24(3,22)23)16-7-5-4-6-8-16/h9-12,16H,4-8,13H2,1-3H3,(H,18,21). The van der Waals surface area contributed by atoms with Crippen molar-refractivity contribution in [1.82, 2.24) is 4.31 Å². The highest BCUT2D eigenvalue weighted by Crippen LogP contribution is 2.24. The summed E-state index contributed by atoms with van der Waals surface area (Å²) < 4.78 is 25.5. The van der Waals surface area contributed by atoms with Gasteiger partial charge in [0.05, 0.1) is 12.8 Å². The molecule has 0 saturated heterocycles. The molecule has 1 fully saturated rings.